The molecule has 3 N–H and O–H groups in total. The lowest BCUT2D eigenvalue weighted by molar-refractivity contribution is 0.0696. The Morgan fingerprint density at radius 2 is 2.05 bits per heavy atom. The van der Waals surface area contributed by atoms with Crippen molar-refractivity contribution >= 4 is 27.6 Å². The van der Waals surface area contributed by atoms with Crippen molar-refractivity contribution < 1.29 is 19.0 Å². The minimum Gasteiger partial charge on any atom is -0.487 e. The molecular weight excluding hydrogens is 329 g/mol. The van der Waals surface area contributed by atoms with Gasteiger partial charge in [-0.2, -0.15) is 0 Å². The monoisotopic (exact) mass is 339 g/mol. The predicted molar refractivity (Wildman–Crippen MR) is 76.2 cm³/mol. The first kappa shape index (κ1) is 14.3. The van der Waals surface area contributed by atoms with E-state index in [1.54, 1.807) is 12.1 Å². The van der Waals surface area contributed by atoms with E-state index in [4.69, 9.17) is 15.6 Å². The average Bonchev–Trinajstić information content (AvgIpc) is 2.41. The average molecular weight is 340 g/mol. The maximum absolute atomic E-state index is 13.1. The van der Waals surface area contributed by atoms with Crippen molar-refractivity contribution in [3.05, 3.63) is 57.8 Å². The van der Waals surface area contributed by atoms with Crippen molar-refractivity contribution in [3.63, 3.8) is 0 Å². The summed E-state index contributed by atoms with van der Waals surface area (Å²) in [6.45, 7) is 0.159. The number of carboxylic acid groups (broad SMARTS) is 1. The molecule has 2 aromatic carbocycles. The summed E-state index contributed by atoms with van der Waals surface area (Å²) >= 11 is 3.08. The smallest absolute Gasteiger partial charge is 0.335 e. The Kier molecular flexibility index (Phi) is 4.24. The second kappa shape index (κ2) is 5.92. The molecule has 0 saturated carbocycles. The number of rotatable bonds is 4. The third kappa shape index (κ3) is 3.27. The number of carbonyl (C=O) groups is 1. The Morgan fingerprint density at radius 1 is 1.30 bits per heavy atom. The first-order valence-corrected chi connectivity index (χ1v) is 6.46. The second-order valence-electron chi connectivity index (χ2n) is 4.09. The van der Waals surface area contributed by atoms with E-state index in [1.807, 2.05) is 0 Å². The van der Waals surface area contributed by atoms with Crippen molar-refractivity contribution in [2.75, 3.05) is 5.73 Å². The van der Waals surface area contributed by atoms with Gasteiger partial charge in [-0.3, -0.25) is 0 Å². The highest BCUT2D eigenvalue weighted by Crippen LogP contribution is 2.24. The maximum Gasteiger partial charge on any atom is 0.335 e. The second-order valence-corrected chi connectivity index (χ2v) is 4.95. The molecule has 0 aliphatic rings. The summed E-state index contributed by atoms with van der Waals surface area (Å²) in [5, 5.41) is 8.91. The molecule has 4 nitrogen and oxygen atoms in total. The molecule has 0 radical (unpaired) electrons. The van der Waals surface area contributed by atoms with Crippen molar-refractivity contribution in [1.29, 1.82) is 0 Å². The van der Waals surface area contributed by atoms with Gasteiger partial charge in [0.15, 0.2) is 0 Å². The molecule has 104 valence electrons. The lowest BCUT2D eigenvalue weighted by atomic mass is 10.2. The quantitative estimate of drug-likeness (QED) is 0.837. The molecule has 0 aliphatic heterocycles. The van der Waals surface area contributed by atoms with Crippen LogP contribution in [0.2, 0.25) is 0 Å². The van der Waals surface area contributed by atoms with Crippen LogP contribution in [-0.4, -0.2) is 11.1 Å². The highest BCUT2D eigenvalue weighted by atomic mass is 79.9. The molecule has 0 aliphatic carbocycles. The van der Waals surface area contributed by atoms with Gasteiger partial charge in [-0.15, -0.1) is 0 Å². The van der Waals surface area contributed by atoms with E-state index in [0.717, 1.165) is 5.56 Å². The molecule has 20 heavy (non-hydrogen) atoms. The number of ether oxygens (including phenoxy) is 1. The zero-order valence-electron chi connectivity index (χ0n) is 10.3. The molecule has 2 aromatic rings. The summed E-state index contributed by atoms with van der Waals surface area (Å²) in [5.41, 5.74) is 6.89. The summed E-state index contributed by atoms with van der Waals surface area (Å²) in [4.78, 5) is 10.9. The topological polar surface area (TPSA) is 72.6 Å². The molecule has 0 saturated heterocycles. The van der Waals surface area contributed by atoms with Gasteiger partial charge in [0.25, 0.3) is 0 Å². The summed E-state index contributed by atoms with van der Waals surface area (Å²) in [6.07, 6.45) is 0. The van der Waals surface area contributed by atoms with Gasteiger partial charge in [-0.05, 0) is 51.8 Å². The normalized spacial score (nSPS) is 10.3. The number of anilines is 1. The summed E-state index contributed by atoms with van der Waals surface area (Å²) in [5.74, 6) is -1.13. The van der Waals surface area contributed by atoms with Crippen LogP contribution in [0.15, 0.2) is 40.9 Å². The van der Waals surface area contributed by atoms with Crippen LogP contribution < -0.4 is 10.5 Å². The first-order valence-electron chi connectivity index (χ1n) is 5.67. The van der Waals surface area contributed by atoms with E-state index < -0.39 is 5.97 Å². The van der Waals surface area contributed by atoms with E-state index in [0.29, 0.717) is 10.2 Å². The number of aromatic carboxylic acids is 1. The summed E-state index contributed by atoms with van der Waals surface area (Å²) in [7, 11) is 0. The Bertz CT molecular complexity index is 661. The molecule has 0 unspecified atom stereocenters. The Morgan fingerprint density at radius 3 is 2.70 bits per heavy atom. The highest BCUT2D eigenvalue weighted by Gasteiger charge is 2.08. The minimum absolute atomic E-state index is 0.0921. The number of nitrogen functional groups attached to an aromatic ring is 1. The number of hydrogen-bond acceptors (Lipinski definition) is 3. The van der Waals surface area contributed by atoms with Crippen LogP contribution >= 0.6 is 15.9 Å². The van der Waals surface area contributed by atoms with Gasteiger partial charge < -0.3 is 15.6 Å². The third-order valence-corrected chi connectivity index (χ3v) is 3.25. The standard InChI is InChI=1S/C14H11BrFNO3/c15-10-5-8(1-3-11(10)16)7-20-13-6-9(14(18)19)2-4-12(13)17/h1-6H,7,17H2,(H,18,19). The van der Waals surface area contributed by atoms with Gasteiger partial charge in [-0.25, -0.2) is 9.18 Å². The fraction of sp³-hybridized carbons (Fsp3) is 0.0714. The largest absolute Gasteiger partial charge is 0.487 e. The van der Waals surface area contributed by atoms with Crippen LogP contribution in [0, 0.1) is 5.82 Å². The van der Waals surface area contributed by atoms with Crippen molar-refractivity contribution in [2.24, 2.45) is 0 Å². The van der Waals surface area contributed by atoms with E-state index in [9.17, 15) is 9.18 Å². The molecule has 0 aromatic heterocycles. The summed E-state index contributed by atoms with van der Waals surface area (Å²) in [6, 6.07) is 8.72. The number of nitrogens with two attached hydrogens (primary N) is 1. The van der Waals surface area contributed by atoms with E-state index in [2.05, 4.69) is 15.9 Å². The number of carboxylic acids is 1. The van der Waals surface area contributed by atoms with E-state index >= 15 is 0 Å². The number of hydrogen-bond donors (Lipinski definition) is 2. The maximum atomic E-state index is 13.1. The van der Waals surface area contributed by atoms with Crippen LogP contribution in [0.3, 0.4) is 0 Å². The van der Waals surface area contributed by atoms with Gasteiger partial charge in [0.05, 0.1) is 15.7 Å². The number of benzene rings is 2. The Balaban J connectivity index is 2.15. The van der Waals surface area contributed by atoms with Crippen molar-refractivity contribution in [2.45, 2.75) is 6.61 Å². The van der Waals surface area contributed by atoms with Crippen LogP contribution in [0.25, 0.3) is 0 Å². The fourth-order valence-corrected chi connectivity index (χ4v) is 2.01. The van der Waals surface area contributed by atoms with Crippen LogP contribution in [0.1, 0.15) is 15.9 Å². The molecule has 0 bridgehead atoms. The van der Waals surface area contributed by atoms with Crippen LogP contribution in [0.4, 0.5) is 10.1 Å². The van der Waals surface area contributed by atoms with Gasteiger partial charge in [0.1, 0.15) is 18.2 Å². The molecule has 0 amide bonds. The number of halogens is 2. The van der Waals surface area contributed by atoms with Gasteiger partial charge >= 0.3 is 5.97 Å². The molecular formula is C14H11BrFNO3. The van der Waals surface area contributed by atoms with Gasteiger partial charge in [0.2, 0.25) is 0 Å². The van der Waals surface area contributed by atoms with Gasteiger partial charge in [-0.1, -0.05) is 6.07 Å². The third-order valence-electron chi connectivity index (χ3n) is 2.64. The zero-order valence-corrected chi connectivity index (χ0v) is 11.9. The molecule has 6 heteroatoms. The Labute approximate surface area is 123 Å². The molecule has 0 fully saturated rings. The van der Waals surface area contributed by atoms with E-state index in [-0.39, 0.29) is 23.7 Å². The van der Waals surface area contributed by atoms with Crippen LogP contribution in [0.5, 0.6) is 5.75 Å². The fourth-order valence-electron chi connectivity index (χ4n) is 1.58. The van der Waals surface area contributed by atoms with Crippen molar-refractivity contribution in [1.82, 2.24) is 0 Å². The minimum atomic E-state index is -1.06. The summed E-state index contributed by atoms with van der Waals surface area (Å²) < 4.78 is 18.9. The molecule has 0 atom stereocenters. The SMILES string of the molecule is Nc1ccc(C(=O)O)cc1OCc1ccc(F)c(Br)c1. The van der Waals surface area contributed by atoms with E-state index in [1.165, 1.54) is 24.3 Å². The molecule has 0 spiro atoms. The van der Waals surface area contributed by atoms with Crippen molar-refractivity contribution in [3.8, 4) is 5.75 Å². The van der Waals surface area contributed by atoms with Gasteiger partial charge in [0, 0.05) is 0 Å². The molecule has 2 rings (SSSR count). The lowest BCUT2D eigenvalue weighted by Crippen LogP contribution is -2.02. The highest BCUT2D eigenvalue weighted by molar-refractivity contribution is 9.10. The zero-order chi connectivity index (χ0) is 14.7. The molecule has 0 heterocycles. The lowest BCUT2D eigenvalue weighted by Gasteiger charge is -2.10. The predicted octanol–water partition coefficient (Wildman–Crippen LogP) is 3.45. The van der Waals surface area contributed by atoms with Crippen LogP contribution in [-0.2, 0) is 6.61 Å². The Hall–Kier alpha value is -2.08. The first-order chi connectivity index (χ1) is 9.47.